The fraction of sp³-hybridized carbons (Fsp3) is 0. The lowest BCUT2D eigenvalue weighted by Crippen LogP contribution is -1.94. The van der Waals surface area contributed by atoms with E-state index >= 15 is 0 Å². The number of hydrogen-bond donors (Lipinski definition) is 1. The highest BCUT2D eigenvalue weighted by atomic mass is 15.0. The van der Waals surface area contributed by atoms with Crippen LogP contribution in [0.2, 0.25) is 0 Å². The van der Waals surface area contributed by atoms with Gasteiger partial charge in [-0.15, -0.1) is 0 Å². The molecule has 0 saturated carbocycles. The van der Waals surface area contributed by atoms with Gasteiger partial charge >= 0.3 is 0 Å². The maximum atomic E-state index is 4.84. The Balaban J connectivity index is 1.64. The molecule has 3 heterocycles. The number of rotatable bonds is 2. The topological polar surface area (TPSA) is 33.6 Å². The molecule has 4 aromatic carbocycles. The average molecular weight is 409 g/mol. The number of hydrogen-bond acceptors (Lipinski definition) is 1. The summed E-state index contributed by atoms with van der Waals surface area (Å²) in [6, 6.07) is 36.3. The van der Waals surface area contributed by atoms with Gasteiger partial charge in [0.05, 0.1) is 22.9 Å². The summed E-state index contributed by atoms with van der Waals surface area (Å²) >= 11 is 0. The number of pyridine rings is 1. The molecule has 0 spiro atoms. The van der Waals surface area contributed by atoms with E-state index in [0.717, 1.165) is 33.5 Å². The van der Waals surface area contributed by atoms with E-state index in [1.165, 1.54) is 27.1 Å². The molecular formula is C29H19N3. The molecule has 0 amide bonds. The number of aromatic amines is 1. The number of aromatic nitrogens is 3. The lowest BCUT2D eigenvalue weighted by atomic mass is 10.1. The molecule has 0 aliphatic rings. The number of nitrogens with one attached hydrogen (secondary N) is 1. The van der Waals surface area contributed by atoms with E-state index in [-0.39, 0.29) is 0 Å². The lowest BCUT2D eigenvalue weighted by molar-refractivity contribution is 1.17. The molecule has 0 saturated heterocycles. The van der Waals surface area contributed by atoms with Gasteiger partial charge in [0.1, 0.15) is 0 Å². The standard InChI is InChI=1S/C29H19N3/c1-3-9-19(10-4-1)26-16-24-23-15-22-21-13-7-8-14-25(21)31-27(22)17-28(23)32(29(24)18-30-26)20-11-5-2-6-12-20/h1-18,31H. The van der Waals surface area contributed by atoms with E-state index in [1.54, 1.807) is 0 Å². The van der Waals surface area contributed by atoms with Crippen LogP contribution in [0, 0.1) is 0 Å². The van der Waals surface area contributed by atoms with Crippen molar-refractivity contribution in [1.82, 2.24) is 14.5 Å². The van der Waals surface area contributed by atoms with Crippen molar-refractivity contribution in [3.63, 3.8) is 0 Å². The van der Waals surface area contributed by atoms with Crippen LogP contribution >= 0.6 is 0 Å². The summed E-state index contributed by atoms with van der Waals surface area (Å²) in [5, 5.41) is 4.95. The quantitative estimate of drug-likeness (QED) is 0.315. The van der Waals surface area contributed by atoms with Crippen molar-refractivity contribution in [3.05, 3.63) is 109 Å². The summed E-state index contributed by atoms with van der Waals surface area (Å²) in [5.41, 5.74) is 7.86. The molecule has 3 aromatic heterocycles. The van der Waals surface area contributed by atoms with E-state index in [4.69, 9.17) is 4.98 Å². The minimum Gasteiger partial charge on any atom is -0.354 e. The number of fused-ring (bicyclic) bond motifs is 6. The summed E-state index contributed by atoms with van der Waals surface area (Å²) < 4.78 is 2.32. The Hall–Kier alpha value is -4.37. The normalized spacial score (nSPS) is 11.8. The molecule has 0 unspecified atom stereocenters. The molecule has 7 rings (SSSR count). The number of H-pyrrole nitrogens is 1. The Bertz CT molecular complexity index is 1760. The molecule has 0 aliphatic carbocycles. The Labute approximate surface area is 184 Å². The average Bonchev–Trinajstić information content (AvgIpc) is 3.38. The van der Waals surface area contributed by atoms with Gasteiger partial charge in [-0.25, -0.2) is 0 Å². The van der Waals surface area contributed by atoms with Crippen molar-refractivity contribution in [1.29, 1.82) is 0 Å². The van der Waals surface area contributed by atoms with Crippen molar-refractivity contribution in [3.8, 4) is 16.9 Å². The largest absolute Gasteiger partial charge is 0.354 e. The van der Waals surface area contributed by atoms with Crippen molar-refractivity contribution < 1.29 is 0 Å². The van der Waals surface area contributed by atoms with Gasteiger partial charge in [-0.05, 0) is 36.4 Å². The van der Waals surface area contributed by atoms with E-state index in [9.17, 15) is 0 Å². The van der Waals surface area contributed by atoms with E-state index < -0.39 is 0 Å². The van der Waals surface area contributed by atoms with Crippen LogP contribution in [0.5, 0.6) is 0 Å². The number of nitrogens with zero attached hydrogens (tertiary/aromatic N) is 2. The monoisotopic (exact) mass is 409 g/mol. The molecule has 1 N–H and O–H groups in total. The van der Waals surface area contributed by atoms with Gasteiger partial charge in [0.2, 0.25) is 0 Å². The van der Waals surface area contributed by atoms with Gasteiger partial charge in [-0.3, -0.25) is 4.98 Å². The fourth-order valence-electron chi connectivity index (χ4n) is 4.88. The van der Waals surface area contributed by atoms with Gasteiger partial charge in [0.25, 0.3) is 0 Å². The van der Waals surface area contributed by atoms with Crippen molar-refractivity contribution >= 4 is 43.6 Å². The van der Waals surface area contributed by atoms with E-state index in [2.05, 4.69) is 107 Å². The molecule has 0 aliphatic heterocycles. The minimum atomic E-state index is 0.990. The predicted molar refractivity (Wildman–Crippen MR) is 133 cm³/mol. The van der Waals surface area contributed by atoms with Crippen molar-refractivity contribution in [2.24, 2.45) is 0 Å². The second kappa shape index (κ2) is 6.56. The first-order chi connectivity index (χ1) is 15.9. The molecular weight excluding hydrogens is 390 g/mol. The molecule has 0 atom stereocenters. The van der Waals surface area contributed by atoms with Gasteiger partial charge in [0, 0.05) is 43.8 Å². The summed E-state index contributed by atoms with van der Waals surface area (Å²) in [5.74, 6) is 0. The maximum Gasteiger partial charge on any atom is 0.0724 e. The molecule has 3 heteroatoms. The van der Waals surface area contributed by atoms with Crippen LogP contribution in [0.25, 0.3) is 60.6 Å². The SMILES string of the molecule is c1ccc(-c2cc3c4cc5c(cc4n(-c4ccccc4)c3cn2)[nH]c2ccccc25)cc1. The summed E-state index contributed by atoms with van der Waals surface area (Å²) in [6.07, 6.45) is 2.01. The molecule has 7 aromatic rings. The Morgan fingerprint density at radius 2 is 1.28 bits per heavy atom. The first-order valence-corrected chi connectivity index (χ1v) is 10.8. The van der Waals surface area contributed by atoms with E-state index in [0.29, 0.717) is 0 Å². The van der Waals surface area contributed by atoms with Crippen LogP contribution in [-0.2, 0) is 0 Å². The molecule has 0 radical (unpaired) electrons. The third kappa shape index (κ3) is 2.45. The zero-order valence-corrected chi connectivity index (χ0v) is 17.3. The van der Waals surface area contributed by atoms with Crippen molar-refractivity contribution in [2.45, 2.75) is 0 Å². The highest BCUT2D eigenvalue weighted by Crippen LogP contribution is 2.37. The predicted octanol–water partition coefficient (Wildman–Crippen LogP) is 7.48. The van der Waals surface area contributed by atoms with Gasteiger partial charge < -0.3 is 9.55 Å². The van der Waals surface area contributed by atoms with Crippen LogP contribution in [0.15, 0.2) is 109 Å². The third-order valence-electron chi connectivity index (χ3n) is 6.36. The van der Waals surface area contributed by atoms with Gasteiger partial charge in [0.15, 0.2) is 0 Å². The zero-order valence-electron chi connectivity index (χ0n) is 17.3. The Kier molecular flexibility index (Phi) is 3.55. The maximum absolute atomic E-state index is 4.84. The highest BCUT2D eigenvalue weighted by molar-refractivity contribution is 6.18. The molecule has 3 nitrogen and oxygen atoms in total. The Morgan fingerprint density at radius 1 is 0.562 bits per heavy atom. The number of benzene rings is 4. The first-order valence-electron chi connectivity index (χ1n) is 10.8. The third-order valence-corrected chi connectivity index (χ3v) is 6.36. The molecule has 0 bridgehead atoms. The van der Waals surface area contributed by atoms with Crippen LogP contribution in [0.1, 0.15) is 0 Å². The van der Waals surface area contributed by atoms with E-state index in [1.807, 2.05) is 12.3 Å². The second-order valence-electron chi connectivity index (χ2n) is 8.21. The molecule has 32 heavy (non-hydrogen) atoms. The van der Waals surface area contributed by atoms with Gasteiger partial charge in [-0.1, -0.05) is 66.7 Å². The summed E-state index contributed by atoms with van der Waals surface area (Å²) in [4.78, 5) is 8.44. The Morgan fingerprint density at radius 3 is 2.12 bits per heavy atom. The fourth-order valence-corrected chi connectivity index (χ4v) is 4.88. The highest BCUT2D eigenvalue weighted by Gasteiger charge is 2.16. The van der Waals surface area contributed by atoms with Crippen LogP contribution in [-0.4, -0.2) is 14.5 Å². The van der Waals surface area contributed by atoms with Gasteiger partial charge in [-0.2, -0.15) is 0 Å². The molecule has 150 valence electrons. The van der Waals surface area contributed by atoms with Crippen LogP contribution < -0.4 is 0 Å². The van der Waals surface area contributed by atoms with Crippen LogP contribution in [0.3, 0.4) is 0 Å². The first kappa shape index (κ1) is 17.3. The zero-order chi connectivity index (χ0) is 21.1. The summed E-state index contributed by atoms with van der Waals surface area (Å²) in [6.45, 7) is 0. The number of para-hydroxylation sites is 2. The lowest BCUT2D eigenvalue weighted by Gasteiger charge is -2.07. The molecule has 0 fully saturated rings. The minimum absolute atomic E-state index is 0.990. The smallest absolute Gasteiger partial charge is 0.0724 e. The van der Waals surface area contributed by atoms with Crippen LogP contribution in [0.4, 0.5) is 0 Å². The summed E-state index contributed by atoms with van der Waals surface area (Å²) in [7, 11) is 0. The van der Waals surface area contributed by atoms with Crippen molar-refractivity contribution in [2.75, 3.05) is 0 Å². The second-order valence-corrected chi connectivity index (χ2v) is 8.21.